The molecule has 0 spiro atoms. The Hall–Kier alpha value is -1.92. The molecular formula is C15H14N2O. The zero-order valence-corrected chi connectivity index (χ0v) is 10.2. The van der Waals surface area contributed by atoms with E-state index in [0.29, 0.717) is 6.42 Å². The molecule has 0 unspecified atom stereocenters. The Balaban J connectivity index is 2.06. The van der Waals surface area contributed by atoms with Gasteiger partial charge >= 0.3 is 0 Å². The molecule has 3 heteroatoms. The highest BCUT2D eigenvalue weighted by Gasteiger charge is 2.46. The molecule has 18 heavy (non-hydrogen) atoms. The maximum atomic E-state index is 12.4. The molecule has 1 aromatic rings. The number of fused-ring (bicyclic) bond motifs is 2. The molecule has 0 radical (unpaired) electrons. The number of hydrogen-bond donors (Lipinski definition) is 0. The molecular weight excluding hydrogens is 224 g/mol. The van der Waals surface area contributed by atoms with Crippen LogP contribution in [-0.2, 0) is 4.79 Å². The van der Waals surface area contributed by atoms with Gasteiger partial charge in [0.1, 0.15) is 0 Å². The third-order valence-electron chi connectivity index (χ3n) is 4.01. The fraction of sp³-hybridized carbons (Fsp3) is 0.333. The average Bonchev–Trinajstić information content (AvgIpc) is 2.63. The first-order valence-corrected chi connectivity index (χ1v) is 6.15. The molecule has 3 nitrogen and oxygen atoms in total. The van der Waals surface area contributed by atoms with Gasteiger partial charge in [-0.2, -0.15) is 5.26 Å². The Kier molecular flexibility index (Phi) is 2.53. The van der Waals surface area contributed by atoms with Gasteiger partial charge < -0.3 is 0 Å². The van der Waals surface area contributed by atoms with Crippen LogP contribution in [0.15, 0.2) is 36.4 Å². The number of nitriles is 1. The Morgan fingerprint density at radius 1 is 1.33 bits per heavy atom. The van der Waals surface area contributed by atoms with Gasteiger partial charge in [-0.05, 0) is 19.0 Å². The quantitative estimate of drug-likeness (QED) is 0.750. The van der Waals surface area contributed by atoms with E-state index in [2.05, 4.69) is 6.07 Å². The average molecular weight is 238 g/mol. The van der Waals surface area contributed by atoms with E-state index in [1.807, 2.05) is 48.4 Å². The van der Waals surface area contributed by atoms with Gasteiger partial charge in [0.15, 0.2) is 5.78 Å². The van der Waals surface area contributed by atoms with Gasteiger partial charge in [0, 0.05) is 11.6 Å². The largest absolute Gasteiger partial charge is 0.292 e. The molecule has 90 valence electrons. The molecule has 0 saturated carbocycles. The van der Waals surface area contributed by atoms with Crippen LogP contribution in [0, 0.1) is 17.2 Å². The highest BCUT2D eigenvalue weighted by atomic mass is 16.1. The highest BCUT2D eigenvalue weighted by molar-refractivity contribution is 6.24. The van der Waals surface area contributed by atoms with Gasteiger partial charge in [0.25, 0.3) is 0 Å². The van der Waals surface area contributed by atoms with Crippen LogP contribution >= 0.6 is 0 Å². The minimum atomic E-state index is -0.125. The van der Waals surface area contributed by atoms with Gasteiger partial charge in [0.2, 0.25) is 0 Å². The zero-order valence-electron chi connectivity index (χ0n) is 10.2. The molecule has 1 aromatic carbocycles. The van der Waals surface area contributed by atoms with Crippen molar-refractivity contribution in [2.24, 2.45) is 5.92 Å². The Morgan fingerprint density at radius 3 is 2.72 bits per heavy atom. The number of hydrogen-bond acceptors (Lipinski definition) is 3. The van der Waals surface area contributed by atoms with Gasteiger partial charge in [-0.25, -0.2) is 0 Å². The molecule has 0 aromatic heterocycles. The SMILES string of the molecule is CN1[C@@H]2C[C@H](C#N)[C@H]1C=C(c1ccccc1)C2=O. The number of likely N-dealkylation sites (N-methyl/N-ethyl adjacent to an activating group) is 1. The van der Waals surface area contributed by atoms with Crippen molar-refractivity contribution < 1.29 is 4.79 Å². The van der Waals surface area contributed by atoms with E-state index in [9.17, 15) is 4.79 Å². The Morgan fingerprint density at radius 2 is 2.06 bits per heavy atom. The Labute approximate surface area is 106 Å². The molecule has 0 N–H and O–H groups in total. The minimum Gasteiger partial charge on any atom is -0.292 e. The van der Waals surface area contributed by atoms with Gasteiger partial charge in [-0.1, -0.05) is 36.4 Å². The summed E-state index contributed by atoms with van der Waals surface area (Å²) in [6, 6.07) is 12.0. The summed E-state index contributed by atoms with van der Waals surface area (Å²) >= 11 is 0. The first-order chi connectivity index (χ1) is 8.72. The summed E-state index contributed by atoms with van der Waals surface area (Å²) < 4.78 is 0. The second-order valence-corrected chi connectivity index (χ2v) is 4.95. The van der Waals surface area contributed by atoms with Crippen LogP contribution in [-0.4, -0.2) is 29.8 Å². The maximum Gasteiger partial charge on any atom is 0.180 e. The van der Waals surface area contributed by atoms with Crippen LogP contribution < -0.4 is 0 Å². The molecule has 2 bridgehead atoms. The summed E-state index contributed by atoms with van der Waals surface area (Å²) in [5.41, 5.74) is 1.74. The first-order valence-electron chi connectivity index (χ1n) is 6.15. The molecule has 1 fully saturated rings. The van der Waals surface area contributed by atoms with Crippen molar-refractivity contribution in [2.45, 2.75) is 18.5 Å². The van der Waals surface area contributed by atoms with Crippen LogP contribution in [0.4, 0.5) is 0 Å². The number of rotatable bonds is 1. The van der Waals surface area contributed by atoms with Crippen molar-refractivity contribution in [2.75, 3.05) is 7.05 Å². The third kappa shape index (κ3) is 1.50. The predicted molar refractivity (Wildman–Crippen MR) is 68.5 cm³/mol. The minimum absolute atomic E-state index is 0.0647. The maximum absolute atomic E-state index is 12.4. The highest BCUT2D eigenvalue weighted by Crippen LogP contribution is 2.38. The second kappa shape index (κ2) is 4.08. The summed E-state index contributed by atoms with van der Waals surface area (Å²) in [4.78, 5) is 14.5. The predicted octanol–water partition coefficient (Wildman–Crippen LogP) is 1.87. The van der Waals surface area contributed by atoms with Gasteiger partial charge in [-0.3, -0.25) is 9.69 Å². The fourth-order valence-electron chi connectivity index (χ4n) is 2.98. The van der Waals surface area contributed by atoms with Gasteiger partial charge in [0.05, 0.1) is 18.0 Å². The molecule has 0 amide bonds. The lowest BCUT2D eigenvalue weighted by Gasteiger charge is -2.29. The number of carbonyl (C=O) groups is 1. The van der Waals surface area contributed by atoms with E-state index < -0.39 is 0 Å². The molecule has 3 rings (SSSR count). The summed E-state index contributed by atoms with van der Waals surface area (Å²) in [6.07, 6.45) is 2.62. The fourth-order valence-corrected chi connectivity index (χ4v) is 2.98. The third-order valence-corrected chi connectivity index (χ3v) is 4.01. The summed E-state index contributed by atoms with van der Waals surface area (Å²) in [6.45, 7) is 0. The molecule has 2 aliphatic heterocycles. The van der Waals surface area contributed by atoms with E-state index in [1.54, 1.807) is 0 Å². The van der Waals surface area contributed by atoms with Crippen LogP contribution in [0.1, 0.15) is 12.0 Å². The topological polar surface area (TPSA) is 44.1 Å². The monoisotopic (exact) mass is 238 g/mol. The van der Waals surface area contributed by atoms with Crippen LogP contribution in [0.5, 0.6) is 0 Å². The van der Waals surface area contributed by atoms with Crippen molar-refractivity contribution in [1.82, 2.24) is 4.90 Å². The van der Waals surface area contributed by atoms with E-state index in [1.165, 1.54) is 0 Å². The lowest BCUT2D eigenvalue weighted by Crippen LogP contribution is -2.41. The molecule has 2 aliphatic rings. The Bertz CT molecular complexity index is 556. The lowest BCUT2D eigenvalue weighted by atomic mass is 9.94. The van der Waals surface area contributed by atoms with E-state index in [-0.39, 0.29) is 23.8 Å². The normalized spacial score (nSPS) is 31.0. The lowest BCUT2D eigenvalue weighted by molar-refractivity contribution is -0.118. The van der Waals surface area contributed by atoms with Gasteiger partial charge in [-0.15, -0.1) is 0 Å². The van der Waals surface area contributed by atoms with Crippen molar-refractivity contribution in [3.63, 3.8) is 0 Å². The molecule has 3 atom stereocenters. The van der Waals surface area contributed by atoms with Crippen LogP contribution in [0.25, 0.3) is 5.57 Å². The van der Waals surface area contributed by atoms with E-state index in [0.717, 1.165) is 11.1 Å². The number of nitrogens with zero attached hydrogens (tertiary/aromatic N) is 2. The van der Waals surface area contributed by atoms with Crippen molar-refractivity contribution in [3.05, 3.63) is 42.0 Å². The molecule has 1 saturated heterocycles. The van der Waals surface area contributed by atoms with Crippen LogP contribution in [0.3, 0.4) is 0 Å². The van der Waals surface area contributed by atoms with Crippen molar-refractivity contribution >= 4 is 11.4 Å². The van der Waals surface area contributed by atoms with Crippen molar-refractivity contribution in [1.29, 1.82) is 5.26 Å². The number of ketones is 1. The standard InChI is InChI=1S/C15H14N2O/c1-17-13-8-12(10-5-3-2-4-6-10)15(18)14(17)7-11(13)9-16/h2-6,8,11,13-14H,7H2,1H3/t11-,13-,14-/m1/s1. The van der Waals surface area contributed by atoms with Crippen LogP contribution in [0.2, 0.25) is 0 Å². The molecule has 2 heterocycles. The van der Waals surface area contributed by atoms with E-state index >= 15 is 0 Å². The summed E-state index contributed by atoms with van der Waals surface area (Å²) in [7, 11) is 1.93. The number of Topliss-reactive ketones (excluding diaryl/α,β-unsaturated/α-hetero) is 1. The second-order valence-electron chi connectivity index (χ2n) is 4.95. The first kappa shape index (κ1) is 11.2. The van der Waals surface area contributed by atoms with E-state index in [4.69, 9.17) is 5.26 Å². The molecule has 0 aliphatic carbocycles. The summed E-state index contributed by atoms with van der Waals surface area (Å²) in [5, 5.41) is 9.16. The number of benzene rings is 1. The summed E-state index contributed by atoms with van der Waals surface area (Å²) in [5.74, 6) is 0.0860. The zero-order chi connectivity index (χ0) is 12.7. The number of carbonyl (C=O) groups excluding carboxylic acids is 1. The van der Waals surface area contributed by atoms with Crippen molar-refractivity contribution in [3.8, 4) is 6.07 Å². The smallest absolute Gasteiger partial charge is 0.180 e.